The topological polar surface area (TPSA) is 69.2 Å². The third kappa shape index (κ3) is 5.19. The highest BCUT2D eigenvalue weighted by atomic mass is 16.5. The smallest absolute Gasteiger partial charge is 0.338 e. The summed E-state index contributed by atoms with van der Waals surface area (Å²) in [5, 5.41) is 8.83. The number of aryl methyl sites for hydroxylation is 1. The number of rotatable bonds is 9. The lowest BCUT2D eigenvalue weighted by Gasteiger charge is -2.09. The van der Waals surface area contributed by atoms with Gasteiger partial charge in [0.2, 0.25) is 5.62 Å². The Morgan fingerprint density at radius 2 is 1.73 bits per heavy atom. The summed E-state index contributed by atoms with van der Waals surface area (Å²) in [4.78, 5) is 11.9. The fourth-order valence-electron chi connectivity index (χ4n) is 4.01. The zero-order valence-electron chi connectivity index (χ0n) is 19.1. The molecule has 0 bridgehead atoms. The van der Waals surface area contributed by atoms with Gasteiger partial charge >= 0.3 is 5.97 Å². The third-order valence-corrected chi connectivity index (χ3v) is 5.54. The van der Waals surface area contributed by atoms with E-state index in [9.17, 15) is 4.79 Å². The van der Waals surface area contributed by atoms with Crippen LogP contribution in [0.5, 0.6) is 5.75 Å². The molecule has 0 aliphatic heterocycles. The maximum atomic E-state index is 11.9. The van der Waals surface area contributed by atoms with E-state index in [0.29, 0.717) is 43.2 Å². The van der Waals surface area contributed by atoms with Gasteiger partial charge in [-0.2, -0.15) is 0 Å². The summed E-state index contributed by atoms with van der Waals surface area (Å²) in [7, 11) is 2.08. The highest BCUT2D eigenvalue weighted by Crippen LogP contribution is 2.17. The van der Waals surface area contributed by atoms with Crippen LogP contribution in [0.1, 0.15) is 29.3 Å². The minimum atomic E-state index is -0.348. The van der Waals surface area contributed by atoms with Gasteiger partial charge in [-0.3, -0.25) is 5.41 Å². The fraction of sp³-hybridized carbons (Fsp3) is 0.231. The first-order chi connectivity index (χ1) is 16.1. The molecule has 3 aromatic carbocycles. The molecule has 1 aromatic heterocycles. The number of hydrogen-bond acceptors (Lipinski definition) is 4. The Labute approximate surface area is 194 Å². The molecule has 4 rings (SSSR count). The molecule has 0 saturated heterocycles. The zero-order valence-corrected chi connectivity index (χ0v) is 19.1. The SMILES string of the molecule is Bc1cccc(Cn2c(=N)n(CCCOc3cccc(C(=O)OCC)c3)c3ccccc32)c1. The number of nitrogens with zero attached hydrogens (tertiary/aromatic N) is 2. The predicted molar refractivity (Wildman–Crippen MR) is 132 cm³/mol. The molecule has 0 saturated carbocycles. The molecule has 0 spiro atoms. The number of nitrogens with one attached hydrogen (secondary N) is 1. The second-order valence-electron chi connectivity index (χ2n) is 7.99. The minimum Gasteiger partial charge on any atom is -0.494 e. The Kier molecular flexibility index (Phi) is 6.98. The van der Waals surface area contributed by atoms with Gasteiger partial charge in [0.25, 0.3) is 0 Å². The maximum Gasteiger partial charge on any atom is 0.338 e. The average Bonchev–Trinajstić information content (AvgIpc) is 3.08. The van der Waals surface area contributed by atoms with Gasteiger partial charge in [-0.15, -0.1) is 0 Å². The number of para-hydroxylation sites is 2. The molecule has 1 N–H and O–H groups in total. The van der Waals surface area contributed by atoms with E-state index in [1.807, 2.05) is 27.3 Å². The molecule has 0 amide bonds. The van der Waals surface area contributed by atoms with Gasteiger partial charge in [-0.1, -0.05) is 47.9 Å². The molecule has 0 aliphatic rings. The van der Waals surface area contributed by atoms with Crippen LogP contribution in [-0.2, 0) is 17.8 Å². The monoisotopic (exact) mass is 441 g/mol. The standard InChI is InChI=1S/C26H28BN3O3/c1-2-32-25(31)20-9-6-11-22(17-20)33-15-7-14-29-23-12-3-4-13-24(23)30(26(29)28)18-19-8-5-10-21(27)16-19/h3-6,8-13,16-17,28H,2,7,14-15,18,27H2,1H3. The van der Waals surface area contributed by atoms with Crippen molar-refractivity contribution >= 4 is 30.3 Å². The molecule has 168 valence electrons. The summed E-state index contributed by atoms with van der Waals surface area (Å²) < 4.78 is 15.0. The van der Waals surface area contributed by atoms with Crippen molar-refractivity contribution in [1.29, 1.82) is 5.41 Å². The van der Waals surface area contributed by atoms with Gasteiger partial charge in [0.05, 0.1) is 36.4 Å². The molecule has 6 nitrogen and oxygen atoms in total. The Hall–Kier alpha value is -3.74. The second-order valence-corrected chi connectivity index (χ2v) is 7.99. The van der Waals surface area contributed by atoms with Gasteiger partial charge in [0.15, 0.2) is 0 Å². The van der Waals surface area contributed by atoms with Gasteiger partial charge in [0, 0.05) is 6.54 Å². The fourth-order valence-corrected chi connectivity index (χ4v) is 4.01. The molecular weight excluding hydrogens is 413 g/mol. The number of hydrogen-bond donors (Lipinski definition) is 1. The highest BCUT2D eigenvalue weighted by Gasteiger charge is 2.11. The molecule has 1 heterocycles. The van der Waals surface area contributed by atoms with E-state index >= 15 is 0 Å². The van der Waals surface area contributed by atoms with E-state index in [1.54, 1.807) is 25.1 Å². The van der Waals surface area contributed by atoms with Crippen molar-refractivity contribution in [3.05, 3.63) is 89.5 Å². The number of fused-ring (bicyclic) bond motifs is 1. The van der Waals surface area contributed by atoms with Crippen molar-refractivity contribution in [1.82, 2.24) is 9.13 Å². The highest BCUT2D eigenvalue weighted by molar-refractivity contribution is 6.32. The van der Waals surface area contributed by atoms with Gasteiger partial charge in [-0.25, -0.2) is 4.79 Å². The summed E-state index contributed by atoms with van der Waals surface area (Å²) >= 11 is 0. The first-order valence-electron chi connectivity index (χ1n) is 11.2. The van der Waals surface area contributed by atoms with E-state index in [0.717, 1.165) is 17.5 Å². The first kappa shape index (κ1) is 22.5. The largest absolute Gasteiger partial charge is 0.494 e. The second kappa shape index (κ2) is 10.3. The quantitative estimate of drug-likeness (QED) is 0.247. The number of aromatic nitrogens is 2. The number of imidazole rings is 1. The number of carbonyl (C=O) groups is 1. The maximum absolute atomic E-state index is 11.9. The first-order valence-corrected chi connectivity index (χ1v) is 11.2. The Morgan fingerprint density at radius 3 is 2.48 bits per heavy atom. The number of esters is 1. The van der Waals surface area contributed by atoms with Crippen LogP contribution in [-0.4, -0.2) is 36.2 Å². The summed E-state index contributed by atoms with van der Waals surface area (Å²) in [5.74, 6) is 0.289. The summed E-state index contributed by atoms with van der Waals surface area (Å²) in [6.45, 7) is 3.93. The number of carbonyl (C=O) groups excluding carboxylic acids is 1. The predicted octanol–water partition coefficient (Wildman–Crippen LogP) is 2.87. The number of benzene rings is 3. The minimum absolute atomic E-state index is 0.341. The van der Waals surface area contributed by atoms with Crippen molar-refractivity contribution in [3.63, 3.8) is 0 Å². The molecular formula is C26H28BN3O3. The lowest BCUT2D eigenvalue weighted by Crippen LogP contribution is -2.26. The van der Waals surface area contributed by atoms with Crippen molar-refractivity contribution in [2.45, 2.75) is 26.4 Å². The zero-order chi connectivity index (χ0) is 23.2. The molecule has 33 heavy (non-hydrogen) atoms. The molecule has 7 heteroatoms. The van der Waals surface area contributed by atoms with Gasteiger partial charge < -0.3 is 18.6 Å². The van der Waals surface area contributed by atoms with E-state index in [-0.39, 0.29) is 5.97 Å². The van der Waals surface area contributed by atoms with Crippen LogP contribution >= 0.6 is 0 Å². The lowest BCUT2D eigenvalue weighted by atomic mass is 9.94. The van der Waals surface area contributed by atoms with Gasteiger partial charge in [-0.05, 0) is 49.2 Å². The van der Waals surface area contributed by atoms with Crippen LogP contribution in [0, 0.1) is 5.41 Å². The molecule has 0 radical (unpaired) electrons. The molecule has 0 unspecified atom stereocenters. The van der Waals surface area contributed by atoms with Crippen LogP contribution in [0.2, 0.25) is 0 Å². The van der Waals surface area contributed by atoms with Crippen LogP contribution in [0.25, 0.3) is 11.0 Å². The van der Waals surface area contributed by atoms with Crippen molar-refractivity contribution in [2.24, 2.45) is 0 Å². The van der Waals surface area contributed by atoms with E-state index in [4.69, 9.17) is 14.9 Å². The Bertz CT molecular complexity index is 1330. The van der Waals surface area contributed by atoms with Crippen molar-refractivity contribution in [3.8, 4) is 5.75 Å². The van der Waals surface area contributed by atoms with Gasteiger partial charge in [0.1, 0.15) is 13.6 Å². The normalized spacial score (nSPS) is 10.9. The van der Waals surface area contributed by atoms with Crippen LogP contribution in [0.4, 0.5) is 0 Å². The molecule has 4 aromatic rings. The van der Waals surface area contributed by atoms with Crippen LogP contribution < -0.4 is 15.8 Å². The van der Waals surface area contributed by atoms with Crippen LogP contribution in [0.3, 0.4) is 0 Å². The Morgan fingerprint density at radius 1 is 0.970 bits per heavy atom. The number of ether oxygens (including phenoxy) is 2. The summed E-state index contributed by atoms with van der Waals surface area (Å²) in [6.07, 6.45) is 0.735. The summed E-state index contributed by atoms with van der Waals surface area (Å²) in [5.41, 5.74) is 5.44. The Balaban J connectivity index is 1.46. The molecule has 0 aliphatic carbocycles. The lowest BCUT2D eigenvalue weighted by molar-refractivity contribution is 0.0526. The summed E-state index contributed by atoms with van der Waals surface area (Å²) in [6, 6.07) is 23.6. The van der Waals surface area contributed by atoms with Crippen molar-refractivity contribution < 1.29 is 14.3 Å². The third-order valence-electron chi connectivity index (χ3n) is 5.54. The van der Waals surface area contributed by atoms with E-state index in [1.165, 1.54) is 11.0 Å². The van der Waals surface area contributed by atoms with Crippen molar-refractivity contribution in [2.75, 3.05) is 13.2 Å². The molecule has 0 atom stereocenters. The average molecular weight is 441 g/mol. The van der Waals surface area contributed by atoms with E-state index in [2.05, 4.69) is 44.2 Å². The molecule has 0 fully saturated rings. The van der Waals surface area contributed by atoms with Crippen LogP contribution in [0.15, 0.2) is 72.8 Å². The van der Waals surface area contributed by atoms with E-state index < -0.39 is 0 Å².